The molecule has 1 heterocycles. The van der Waals surface area contributed by atoms with Crippen LogP contribution >= 0.6 is 11.6 Å². The van der Waals surface area contributed by atoms with E-state index in [4.69, 9.17) is 16.9 Å². The molecule has 0 unspecified atom stereocenters. The van der Waals surface area contributed by atoms with Crippen molar-refractivity contribution < 1.29 is 13.2 Å². The molecule has 30 heavy (non-hydrogen) atoms. The van der Waals surface area contributed by atoms with Gasteiger partial charge in [-0.25, -0.2) is 8.42 Å². The van der Waals surface area contributed by atoms with Crippen LogP contribution < -0.4 is 5.32 Å². The Kier molecular flexibility index (Phi) is 6.17. The van der Waals surface area contributed by atoms with Crippen molar-refractivity contribution in [3.8, 4) is 6.07 Å². The molecule has 0 bridgehead atoms. The van der Waals surface area contributed by atoms with Crippen molar-refractivity contribution in [1.82, 2.24) is 9.29 Å². The number of hydrogen-bond acceptors (Lipinski definition) is 4. The van der Waals surface area contributed by atoms with Crippen LogP contribution in [0.15, 0.2) is 41.3 Å². The van der Waals surface area contributed by atoms with E-state index >= 15 is 0 Å². The fourth-order valence-corrected chi connectivity index (χ4v) is 4.88. The van der Waals surface area contributed by atoms with Crippen molar-refractivity contribution in [2.24, 2.45) is 0 Å². The number of anilines is 1. The Labute approximate surface area is 180 Å². The summed E-state index contributed by atoms with van der Waals surface area (Å²) in [6.45, 7) is 3.37. The summed E-state index contributed by atoms with van der Waals surface area (Å²) in [5.41, 5.74) is 2.79. The van der Waals surface area contributed by atoms with Crippen molar-refractivity contribution in [3.05, 3.63) is 58.2 Å². The van der Waals surface area contributed by atoms with Gasteiger partial charge < -0.3 is 10.3 Å². The lowest BCUT2D eigenvalue weighted by Crippen LogP contribution is -2.35. The maximum Gasteiger partial charge on any atom is 0.245 e. The lowest BCUT2D eigenvalue weighted by Gasteiger charge is -2.18. The normalized spacial score (nSPS) is 11.6. The Morgan fingerprint density at radius 2 is 2.00 bits per heavy atom. The predicted molar refractivity (Wildman–Crippen MR) is 117 cm³/mol. The molecule has 0 saturated heterocycles. The molecule has 2 aromatic carbocycles. The number of amides is 1. The SMILES string of the molecule is CCc1ccc(NC(=O)CN(C)S(=O)(=O)c2cc(C)cc3cc(C#N)[nH]c23)cc1Cl. The van der Waals surface area contributed by atoms with Gasteiger partial charge in [0.15, 0.2) is 0 Å². The van der Waals surface area contributed by atoms with E-state index in [9.17, 15) is 13.2 Å². The highest BCUT2D eigenvalue weighted by Crippen LogP contribution is 2.27. The van der Waals surface area contributed by atoms with Gasteiger partial charge in [-0.15, -0.1) is 0 Å². The molecule has 3 rings (SSSR count). The van der Waals surface area contributed by atoms with Crippen LogP contribution in [0.5, 0.6) is 0 Å². The lowest BCUT2D eigenvalue weighted by atomic mass is 10.1. The highest BCUT2D eigenvalue weighted by atomic mass is 35.5. The van der Waals surface area contributed by atoms with Crippen LogP contribution in [0.1, 0.15) is 23.7 Å². The quantitative estimate of drug-likeness (QED) is 0.602. The zero-order chi connectivity index (χ0) is 22.1. The highest BCUT2D eigenvalue weighted by molar-refractivity contribution is 7.89. The van der Waals surface area contributed by atoms with E-state index in [1.54, 1.807) is 31.2 Å². The van der Waals surface area contributed by atoms with Crippen LogP contribution in [0.4, 0.5) is 5.69 Å². The van der Waals surface area contributed by atoms with Crippen LogP contribution in [0.3, 0.4) is 0 Å². The number of aromatic nitrogens is 1. The number of hydrogen-bond donors (Lipinski definition) is 2. The number of aryl methyl sites for hydroxylation is 2. The van der Waals surface area contributed by atoms with Gasteiger partial charge in [-0.05, 0) is 54.8 Å². The van der Waals surface area contributed by atoms with Gasteiger partial charge in [-0.3, -0.25) is 4.79 Å². The number of likely N-dealkylation sites (N-methyl/N-ethyl adjacent to an activating group) is 1. The number of nitrogens with zero attached hydrogens (tertiary/aromatic N) is 2. The summed E-state index contributed by atoms with van der Waals surface area (Å²) < 4.78 is 27.3. The van der Waals surface area contributed by atoms with Crippen molar-refractivity contribution >= 4 is 44.1 Å². The molecular weight excluding hydrogens is 424 g/mol. The van der Waals surface area contributed by atoms with Crippen LogP contribution in [0, 0.1) is 18.3 Å². The first-order valence-corrected chi connectivity index (χ1v) is 11.1. The Balaban J connectivity index is 1.84. The molecule has 1 aromatic heterocycles. The Morgan fingerprint density at radius 1 is 1.27 bits per heavy atom. The van der Waals surface area contributed by atoms with E-state index in [1.165, 1.54) is 13.1 Å². The standard InChI is InChI=1S/C21H21ClN4O3S/c1-4-14-5-6-16(10-18(14)22)24-20(27)12-26(3)30(28,29)19-8-13(2)7-15-9-17(11-23)25-21(15)19/h5-10,25H,4,12H2,1-3H3,(H,24,27). The Hall–Kier alpha value is -2.86. The van der Waals surface area contributed by atoms with E-state index in [-0.39, 0.29) is 17.1 Å². The summed E-state index contributed by atoms with van der Waals surface area (Å²) in [4.78, 5) is 15.3. The Bertz CT molecular complexity index is 1280. The molecule has 0 radical (unpaired) electrons. The third-order valence-electron chi connectivity index (χ3n) is 4.73. The van der Waals surface area contributed by atoms with Gasteiger partial charge >= 0.3 is 0 Å². The molecule has 3 aromatic rings. The monoisotopic (exact) mass is 444 g/mol. The van der Waals surface area contributed by atoms with Gasteiger partial charge in [0, 0.05) is 23.1 Å². The van der Waals surface area contributed by atoms with E-state index in [0.717, 1.165) is 21.9 Å². The third-order valence-corrected chi connectivity index (χ3v) is 6.91. The zero-order valence-corrected chi connectivity index (χ0v) is 18.4. The summed E-state index contributed by atoms with van der Waals surface area (Å²) in [5.74, 6) is -0.491. The van der Waals surface area contributed by atoms with Crippen molar-refractivity contribution in [3.63, 3.8) is 0 Å². The molecule has 0 fully saturated rings. The second kappa shape index (κ2) is 8.48. The molecule has 0 atom stereocenters. The number of H-pyrrole nitrogens is 1. The Morgan fingerprint density at radius 3 is 2.63 bits per heavy atom. The van der Waals surface area contributed by atoms with Crippen LogP contribution in [-0.4, -0.2) is 37.2 Å². The molecule has 9 heteroatoms. The topological polar surface area (TPSA) is 106 Å². The largest absolute Gasteiger partial charge is 0.345 e. The van der Waals surface area contributed by atoms with E-state index in [2.05, 4.69) is 10.3 Å². The van der Waals surface area contributed by atoms with E-state index < -0.39 is 15.9 Å². The van der Waals surface area contributed by atoms with Crippen LogP contribution in [0.25, 0.3) is 10.9 Å². The van der Waals surface area contributed by atoms with Crippen LogP contribution in [0.2, 0.25) is 5.02 Å². The van der Waals surface area contributed by atoms with Gasteiger partial charge in [0.25, 0.3) is 0 Å². The van der Waals surface area contributed by atoms with Gasteiger partial charge in [-0.2, -0.15) is 9.57 Å². The highest BCUT2D eigenvalue weighted by Gasteiger charge is 2.26. The molecule has 0 saturated carbocycles. The fourth-order valence-electron chi connectivity index (χ4n) is 3.19. The minimum Gasteiger partial charge on any atom is -0.345 e. The number of rotatable bonds is 6. The van der Waals surface area contributed by atoms with Gasteiger partial charge in [-0.1, -0.05) is 24.6 Å². The predicted octanol–water partition coefficient (Wildman–Crippen LogP) is 3.82. The lowest BCUT2D eigenvalue weighted by molar-refractivity contribution is -0.116. The molecule has 2 N–H and O–H groups in total. The summed E-state index contributed by atoms with van der Waals surface area (Å²) in [7, 11) is -2.65. The van der Waals surface area contributed by atoms with E-state index in [0.29, 0.717) is 21.6 Å². The summed E-state index contributed by atoms with van der Waals surface area (Å²) in [6, 6.07) is 12.1. The number of aromatic amines is 1. The van der Waals surface area contributed by atoms with Crippen molar-refractivity contribution in [2.45, 2.75) is 25.2 Å². The summed E-state index contributed by atoms with van der Waals surface area (Å²) in [6.07, 6.45) is 0.769. The average molecular weight is 445 g/mol. The fraction of sp³-hybridized carbons (Fsp3) is 0.238. The number of carbonyl (C=O) groups is 1. The molecular formula is C21H21ClN4O3S. The molecule has 0 aliphatic heterocycles. The maximum absolute atomic E-state index is 13.1. The number of nitrogens with one attached hydrogen (secondary N) is 2. The molecule has 0 aliphatic rings. The van der Waals surface area contributed by atoms with Crippen molar-refractivity contribution in [2.75, 3.05) is 18.9 Å². The number of carbonyl (C=O) groups excluding carboxylic acids is 1. The first-order chi connectivity index (χ1) is 14.1. The molecule has 156 valence electrons. The van der Waals surface area contributed by atoms with Gasteiger partial charge in [0.2, 0.25) is 15.9 Å². The average Bonchev–Trinajstić information content (AvgIpc) is 3.10. The van der Waals surface area contributed by atoms with Crippen molar-refractivity contribution in [1.29, 1.82) is 5.26 Å². The maximum atomic E-state index is 13.1. The first-order valence-electron chi connectivity index (χ1n) is 9.23. The number of sulfonamides is 1. The van der Waals surface area contributed by atoms with Gasteiger partial charge in [0.1, 0.15) is 16.7 Å². The third kappa shape index (κ3) is 4.33. The number of halogens is 1. The smallest absolute Gasteiger partial charge is 0.245 e. The number of nitriles is 1. The number of benzene rings is 2. The number of fused-ring (bicyclic) bond motifs is 1. The zero-order valence-electron chi connectivity index (χ0n) is 16.8. The van der Waals surface area contributed by atoms with Crippen LogP contribution in [-0.2, 0) is 21.2 Å². The van der Waals surface area contributed by atoms with E-state index in [1.807, 2.05) is 19.1 Å². The minimum atomic E-state index is -3.98. The first kappa shape index (κ1) is 21.8. The minimum absolute atomic E-state index is 0.0182. The molecule has 0 spiro atoms. The molecule has 7 nitrogen and oxygen atoms in total. The molecule has 0 aliphatic carbocycles. The second-order valence-corrected chi connectivity index (χ2v) is 9.41. The second-order valence-electron chi connectivity index (χ2n) is 6.99. The molecule has 1 amide bonds. The van der Waals surface area contributed by atoms with Gasteiger partial charge in [0.05, 0.1) is 12.1 Å². The summed E-state index contributed by atoms with van der Waals surface area (Å²) in [5, 5.41) is 12.9. The summed E-state index contributed by atoms with van der Waals surface area (Å²) >= 11 is 6.17.